The van der Waals surface area contributed by atoms with Gasteiger partial charge in [-0.25, -0.2) is 0 Å². The third-order valence-corrected chi connectivity index (χ3v) is 2.02. The van der Waals surface area contributed by atoms with Gasteiger partial charge in [0.05, 0.1) is 7.11 Å². The summed E-state index contributed by atoms with van der Waals surface area (Å²) < 4.78 is 5.17. The lowest BCUT2D eigenvalue weighted by Gasteiger charge is -2.08. The second-order valence-corrected chi connectivity index (χ2v) is 3.49. The Morgan fingerprint density at radius 1 is 1.46 bits per heavy atom. The first-order chi connectivity index (χ1) is 6.13. The largest absolute Gasteiger partial charge is 0.496 e. The summed E-state index contributed by atoms with van der Waals surface area (Å²) in [6, 6.07) is 6.40. The Kier molecular flexibility index (Phi) is 3.32. The van der Waals surface area contributed by atoms with Crippen LogP contribution in [-0.4, -0.2) is 13.2 Å². The van der Waals surface area contributed by atoms with Gasteiger partial charge in [-0.15, -0.1) is 0 Å². The molecule has 0 heterocycles. The molecule has 0 aliphatic carbocycles. The highest BCUT2D eigenvalue weighted by atomic mass is 16.5. The molecule has 0 saturated carbocycles. The standard InChI is InChI=1S/C11H17NO/c1-8-6-10(7-9(2)12)4-5-11(8)13-3/h4-6,9H,7,12H2,1-3H3/t9-/m0/s1. The van der Waals surface area contributed by atoms with Crippen LogP contribution in [0, 0.1) is 6.92 Å². The first-order valence-corrected chi connectivity index (χ1v) is 4.52. The van der Waals surface area contributed by atoms with Crippen molar-refractivity contribution in [3.05, 3.63) is 29.3 Å². The first-order valence-electron chi connectivity index (χ1n) is 4.52. The Labute approximate surface area is 79.7 Å². The number of benzene rings is 1. The van der Waals surface area contributed by atoms with Crippen molar-refractivity contribution in [2.75, 3.05) is 7.11 Å². The zero-order chi connectivity index (χ0) is 9.84. The molecule has 0 bridgehead atoms. The topological polar surface area (TPSA) is 35.2 Å². The number of hydrogen-bond acceptors (Lipinski definition) is 2. The lowest BCUT2D eigenvalue weighted by atomic mass is 10.0. The highest BCUT2D eigenvalue weighted by Gasteiger charge is 2.01. The van der Waals surface area contributed by atoms with Gasteiger partial charge in [-0.1, -0.05) is 12.1 Å². The number of aryl methyl sites for hydroxylation is 1. The van der Waals surface area contributed by atoms with Gasteiger partial charge in [0.2, 0.25) is 0 Å². The fourth-order valence-corrected chi connectivity index (χ4v) is 1.44. The number of methoxy groups -OCH3 is 1. The Morgan fingerprint density at radius 2 is 2.15 bits per heavy atom. The molecule has 2 nitrogen and oxygen atoms in total. The number of rotatable bonds is 3. The van der Waals surface area contributed by atoms with E-state index >= 15 is 0 Å². The molecule has 0 radical (unpaired) electrons. The molecule has 2 N–H and O–H groups in total. The van der Waals surface area contributed by atoms with Crippen molar-refractivity contribution < 1.29 is 4.74 Å². The second-order valence-electron chi connectivity index (χ2n) is 3.49. The molecule has 1 aromatic carbocycles. The minimum absolute atomic E-state index is 0.216. The molecule has 72 valence electrons. The van der Waals surface area contributed by atoms with E-state index in [2.05, 4.69) is 12.1 Å². The van der Waals surface area contributed by atoms with Gasteiger partial charge in [0.1, 0.15) is 5.75 Å². The molecule has 0 aliphatic rings. The number of nitrogens with two attached hydrogens (primary N) is 1. The molecule has 1 aromatic rings. The van der Waals surface area contributed by atoms with Crippen LogP contribution >= 0.6 is 0 Å². The van der Waals surface area contributed by atoms with Gasteiger partial charge in [0.15, 0.2) is 0 Å². The van der Waals surface area contributed by atoms with E-state index < -0.39 is 0 Å². The second kappa shape index (κ2) is 4.28. The lowest BCUT2D eigenvalue weighted by molar-refractivity contribution is 0.411. The molecule has 0 aliphatic heterocycles. The van der Waals surface area contributed by atoms with Crippen LogP contribution in [0.15, 0.2) is 18.2 Å². The Hall–Kier alpha value is -1.02. The number of ether oxygens (including phenoxy) is 1. The molecule has 0 saturated heterocycles. The van der Waals surface area contributed by atoms with Crippen LogP contribution < -0.4 is 10.5 Å². The SMILES string of the molecule is COc1ccc(C[C@H](C)N)cc1C. The van der Waals surface area contributed by atoms with Crippen LogP contribution in [0.4, 0.5) is 0 Å². The summed E-state index contributed by atoms with van der Waals surface area (Å²) in [6.07, 6.45) is 0.921. The zero-order valence-electron chi connectivity index (χ0n) is 8.50. The summed E-state index contributed by atoms with van der Waals surface area (Å²) in [5.74, 6) is 0.938. The van der Waals surface area contributed by atoms with E-state index in [9.17, 15) is 0 Å². The highest BCUT2D eigenvalue weighted by Crippen LogP contribution is 2.18. The lowest BCUT2D eigenvalue weighted by Crippen LogP contribution is -2.17. The molecular formula is C11H17NO. The Morgan fingerprint density at radius 3 is 2.62 bits per heavy atom. The summed E-state index contributed by atoms with van der Waals surface area (Å²) in [5, 5.41) is 0. The quantitative estimate of drug-likeness (QED) is 0.769. The maximum absolute atomic E-state index is 5.71. The Bertz CT molecular complexity index is 281. The van der Waals surface area contributed by atoms with Crippen LogP contribution in [0.2, 0.25) is 0 Å². The van der Waals surface area contributed by atoms with Crippen molar-refractivity contribution in [3.63, 3.8) is 0 Å². The molecule has 1 atom stereocenters. The number of hydrogen-bond donors (Lipinski definition) is 1. The molecule has 0 aromatic heterocycles. The minimum atomic E-state index is 0.216. The molecule has 0 spiro atoms. The summed E-state index contributed by atoms with van der Waals surface area (Å²) in [4.78, 5) is 0. The van der Waals surface area contributed by atoms with Crippen molar-refractivity contribution in [2.45, 2.75) is 26.3 Å². The maximum Gasteiger partial charge on any atom is 0.121 e. The van der Waals surface area contributed by atoms with Crippen molar-refractivity contribution in [2.24, 2.45) is 5.73 Å². The van der Waals surface area contributed by atoms with Crippen molar-refractivity contribution >= 4 is 0 Å². The minimum Gasteiger partial charge on any atom is -0.496 e. The summed E-state index contributed by atoms with van der Waals surface area (Å²) >= 11 is 0. The third-order valence-electron chi connectivity index (χ3n) is 2.02. The van der Waals surface area contributed by atoms with Gasteiger partial charge in [0, 0.05) is 6.04 Å². The van der Waals surface area contributed by atoms with E-state index in [1.165, 1.54) is 11.1 Å². The predicted octanol–water partition coefficient (Wildman–Crippen LogP) is 1.89. The molecular weight excluding hydrogens is 162 g/mol. The molecule has 13 heavy (non-hydrogen) atoms. The molecule has 0 unspecified atom stereocenters. The maximum atomic E-state index is 5.71. The van der Waals surface area contributed by atoms with Gasteiger partial charge in [-0.05, 0) is 37.5 Å². The average molecular weight is 179 g/mol. The smallest absolute Gasteiger partial charge is 0.121 e. The van der Waals surface area contributed by atoms with E-state index in [1.54, 1.807) is 7.11 Å². The van der Waals surface area contributed by atoms with Crippen molar-refractivity contribution in [1.29, 1.82) is 0 Å². The van der Waals surface area contributed by atoms with Gasteiger partial charge in [0.25, 0.3) is 0 Å². The monoisotopic (exact) mass is 179 g/mol. The average Bonchev–Trinajstić information content (AvgIpc) is 2.03. The van der Waals surface area contributed by atoms with Gasteiger partial charge < -0.3 is 10.5 Å². The predicted molar refractivity (Wildman–Crippen MR) is 55.1 cm³/mol. The fourth-order valence-electron chi connectivity index (χ4n) is 1.44. The van der Waals surface area contributed by atoms with Crippen LogP contribution in [0.1, 0.15) is 18.1 Å². The van der Waals surface area contributed by atoms with Crippen molar-refractivity contribution in [1.82, 2.24) is 0 Å². The van der Waals surface area contributed by atoms with Gasteiger partial charge in [-0.2, -0.15) is 0 Å². The van der Waals surface area contributed by atoms with E-state index in [-0.39, 0.29) is 6.04 Å². The van der Waals surface area contributed by atoms with E-state index in [4.69, 9.17) is 10.5 Å². The van der Waals surface area contributed by atoms with E-state index in [0.717, 1.165) is 12.2 Å². The third kappa shape index (κ3) is 2.74. The summed E-state index contributed by atoms with van der Waals surface area (Å²) in [7, 11) is 1.69. The summed E-state index contributed by atoms with van der Waals surface area (Å²) in [6.45, 7) is 4.06. The normalized spacial score (nSPS) is 12.6. The van der Waals surface area contributed by atoms with Crippen LogP contribution in [0.3, 0.4) is 0 Å². The molecule has 0 fully saturated rings. The summed E-state index contributed by atoms with van der Waals surface area (Å²) in [5.41, 5.74) is 8.15. The van der Waals surface area contributed by atoms with Crippen LogP contribution in [0.5, 0.6) is 5.75 Å². The van der Waals surface area contributed by atoms with Gasteiger partial charge in [-0.3, -0.25) is 0 Å². The molecule has 2 heteroatoms. The van der Waals surface area contributed by atoms with Gasteiger partial charge >= 0.3 is 0 Å². The Balaban J connectivity index is 2.83. The van der Waals surface area contributed by atoms with E-state index in [1.807, 2.05) is 19.9 Å². The molecule has 0 amide bonds. The molecule has 1 rings (SSSR count). The first kappa shape index (κ1) is 10.1. The highest BCUT2D eigenvalue weighted by molar-refractivity contribution is 5.36. The van der Waals surface area contributed by atoms with Crippen LogP contribution in [0.25, 0.3) is 0 Å². The zero-order valence-corrected chi connectivity index (χ0v) is 8.50. The van der Waals surface area contributed by atoms with Crippen molar-refractivity contribution in [3.8, 4) is 5.75 Å². The fraction of sp³-hybridized carbons (Fsp3) is 0.455. The van der Waals surface area contributed by atoms with E-state index in [0.29, 0.717) is 0 Å². The van der Waals surface area contributed by atoms with Crippen LogP contribution in [-0.2, 0) is 6.42 Å².